The van der Waals surface area contributed by atoms with Crippen LogP contribution in [0.2, 0.25) is 0 Å². The van der Waals surface area contributed by atoms with Gasteiger partial charge in [0.05, 0.1) is 6.07 Å². The molecule has 1 aliphatic rings. The van der Waals surface area contributed by atoms with Crippen molar-refractivity contribution in [2.75, 3.05) is 24.3 Å². The lowest BCUT2D eigenvalue weighted by Crippen LogP contribution is -2.32. The van der Waals surface area contributed by atoms with Crippen molar-refractivity contribution >= 4 is 17.3 Å². The summed E-state index contributed by atoms with van der Waals surface area (Å²) in [6, 6.07) is 9.84. The van der Waals surface area contributed by atoms with Gasteiger partial charge in [-0.25, -0.2) is 0 Å². The summed E-state index contributed by atoms with van der Waals surface area (Å²) in [5.74, 6) is -0.162. The van der Waals surface area contributed by atoms with Gasteiger partial charge in [-0.15, -0.1) is 0 Å². The van der Waals surface area contributed by atoms with Crippen LogP contribution in [0.15, 0.2) is 24.3 Å². The van der Waals surface area contributed by atoms with Crippen LogP contribution in [0.5, 0.6) is 0 Å². The summed E-state index contributed by atoms with van der Waals surface area (Å²) >= 11 is 0. The van der Waals surface area contributed by atoms with Gasteiger partial charge in [0, 0.05) is 25.5 Å². The molecule has 0 atom stereocenters. The summed E-state index contributed by atoms with van der Waals surface area (Å²) in [6.45, 7) is 0. The lowest BCUT2D eigenvalue weighted by atomic mass is 9.87. The zero-order valence-electron chi connectivity index (χ0n) is 11.4. The number of hydrogen-bond acceptors (Lipinski definition) is 3. The number of carbonyl (C=O) groups is 1. The number of anilines is 2. The first-order valence-electron chi connectivity index (χ1n) is 6.57. The number of hydrogen-bond donors (Lipinski definition) is 1. The first kappa shape index (κ1) is 13.4. The van der Waals surface area contributed by atoms with Crippen molar-refractivity contribution in [2.24, 2.45) is 5.41 Å². The van der Waals surface area contributed by atoms with Crippen molar-refractivity contribution in [3.63, 3.8) is 0 Å². The van der Waals surface area contributed by atoms with Crippen LogP contribution < -0.4 is 10.2 Å². The summed E-state index contributed by atoms with van der Waals surface area (Å²) < 4.78 is 0. The molecule has 0 spiro atoms. The van der Waals surface area contributed by atoms with Crippen molar-refractivity contribution in [1.82, 2.24) is 0 Å². The van der Waals surface area contributed by atoms with Gasteiger partial charge in [0.25, 0.3) is 0 Å². The Morgan fingerprint density at radius 1 is 1.26 bits per heavy atom. The molecule has 1 aromatic carbocycles. The number of amides is 1. The van der Waals surface area contributed by atoms with Gasteiger partial charge >= 0.3 is 0 Å². The van der Waals surface area contributed by atoms with Crippen molar-refractivity contribution < 1.29 is 4.79 Å². The van der Waals surface area contributed by atoms with Crippen LogP contribution >= 0.6 is 0 Å². The molecule has 0 bridgehead atoms. The Bertz CT molecular complexity index is 493. The fourth-order valence-electron chi connectivity index (χ4n) is 2.46. The summed E-state index contributed by atoms with van der Waals surface area (Å²) in [5, 5.41) is 12.1. The van der Waals surface area contributed by atoms with Gasteiger partial charge in [0.2, 0.25) is 5.91 Å². The van der Waals surface area contributed by atoms with Crippen molar-refractivity contribution in [2.45, 2.75) is 25.7 Å². The minimum Gasteiger partial charge on any atom is -0.378 e. The summed E-state index contributed by atoms with van der Waals surface area (Å²) in [4.78, 5) is 14.2. The van der Waals surface area contributed by atoms with Gasteiger partial charge in [-0.1, -0.05) is 12.8 Å². The Morgan fingerprint density at radius 2 is 1.84 bits per heavy atom. The second kappa shape index (κ2) is 5.31. The van der Waals surface area contributed by atoms with Crippen LogP contribution in [0.1, 0.15) is 25.7 Å². The van der Waals surface area contributed by atoms with Gasteiger partial charge in [0.15, 0.2) is 0 Å². The van der Waals surface area contributed by atoms with Crippen LogP contribution in [0.3, 0.4) is 0 Å². The molecule has 4 heteroatoms. The molecule has 0 unspecified atom stereocenters. The number of benzene rings is 1. The van der Waals surface area contributed by atoms with E-state index in [0.29, 0.717) is 12.8 Å². The SMILES string of the molecule is CN(C)c1ccc(NC(=O)C2(C#N)CCCC2)cc1. The molecule has 100 valence electrons. The lowest BCUT2D eigenvalue weighted by molar-refractivity contribution is -0.122. The molecule has 1 N–H and O–H groups in total. The Kier molecular flexibility index (Phi) is 3.75. The van der Waals surface area contributed by atoms with Crippen LogP contribution in [0.25, 0.3) is 0 Å². The van der Waals surface area contributed by atoms with Crippen molar-refractivity contribution in [3.8, 4) is 6.07 Å². The second-order valence-corrected chi connectivity index (χ2v) is 5.30. The molecule has 1 aromatic rings. The number of rotatable bonds is 3. The molecule has 0 saturated heterocycles. The Labute approximate surface area is 114 Å². The highest BCUT2D eigenvalue weighted by atomic mass is 16.2. The quantitative estimate of drug-likeness (QED) is 0.905. The fraction of sp³-hybridized carbons (Fsp3) is 0.467. The third-order valence-electron chi connectivity index (χ3n) is 3.75. The molecular weight excluding hydrogens is 238 g/mol. The average Bonchev–Trinajstić information content (AvgIpc) is 2.89. The topological polar surface area (TPSA) is 56.1 Å². The third-order valence-corrected chi connectivity index (χ3v) is 3.75. The largest absolute Gasteiger partial charge is 0.378 e. The summed E-state index contributed by atoms with van der Waals surface area (Å²) in [6.07, 6.45) is 3.26. The van der Waals surface area contributed by atoms with E-state index in [4.69, 9.17) is 0 Å². The molecule has 1 fully saturated rings. The van der Waals surface area contributed by atoms with E-state index < -0.39 is 5.41 Å². The highest BCUT2D eigenvalue weighted by Gasteiger charge is 2.41. The number of carbonyl (C=O) groups excluding carboxylic acids is 1. The number of nitriles is 1. The van der Waals surface area contributed by atoms with Crippen LogP contribution in [0.4, 0.5) is 11.4 Å². The van der Waals surface area contributed by atoms with E-state index >= 15 is 0 Å². The van der Waals surface area contributed by atoms with Crippen molar-refractivity contribution in [1.29, 1.82) is 5.26 Å². The van der Waals surface area contributed by atoms with Crippen LogP contribution in [-0.2, 0) is 4.79 Å². The van der Waals surface area contributed by atoms with E-state index in [9.17, 15) is 10.1 Å². The Balaban J connectivity index is 2.09. The van der Waals surface area contributed by atoms with E-state index in [1.165, 1.54) is 0 Å². The smallest absolute Gasteiger partial charge is 0.244 e. The predicted octanol–water partition coefficient (Wildman–Crippen LogP) is 2.78. The molecule has 0 aromatic heterocycles. The number of nitrogens with one attached hydrogen (secondary N) is 1. The molecule has 0 radical (unpaired) electrons. The standard InChI is InChI=1S/C15H19N3O/c1-18(2)13-7-5-12(6-8-13)17-14(19)15(11-16)9-3-4-10-15/h5-8H,3-4,9-10H2,1-2H3,(H,17,19). The van der Waals surface area contributed by atoms with Gasteiger partial charge in [-0.3, -0.25) is 4.79 Å². The van der Waals surface area contributed by atoms with Gasteiger partial charge in [0.1, 0.15) is 5.41 Å². The second-order valence-electron chi connectivity index (χ2n) is 5.30. The van der Waals surface area contributed by atoms with E-state index in [1.54, 1.807) is 0 Å². The Morgan fingerprint density at radius 3 is 2.32 bits per heavy atom. The first-order chi connectivity index (χ1) is 9.07. The van der Waals surface area contributed by atoms with E-state index in [-0.39, 0.29) is 5.91 Å². The predicted molar refractivity (Wildman–Crippen MR) is 75.9 cm³/mol. The van der Waals surface area contributed by atoms with Gasteiger partial charge < -0.3 is 10.2 Å². The molecule has 0 heterocycles. The summed E-state index contributed by atoms with van der Waals surface area (Å²) in [7, 11) is 3.94. The number of nitrogens with zero attached hydrogens (tertiary/aromatic N) is 2. The molecule has 2 rings (SSSR count). The maximum absolute atomic E-state index is 12.2. The molecule has 1 amide bonds. The third kappa shape index (κ3) is 2.70. The monoisotopic (exact) mass is 257 g/mol. The molecule has 1 aliphatic carbocycles. The van der Waals surface area contributed by atoms with E-state index in [1.807, 2.05) is 43.3 Å². The highest BCUT2D eigenvalue weighted by molar-refractivity contribution is 5.97. The summed E-state index contributed by atoms with van der Waals surface area (Å²) in [5.41, 5.74) is 1.01. The zero-order chi connectivity index (χ0) is 13.9. The maximum atomic E-state index is 12.2. The highest BCUT2D eigenvalue weighted by Crippen LogP contribution is 2.38. The molecule has 4 nitrogen and oxygen atoms in total. The molecule has 0 aliphatic heterocycles. The minimum atomic E-state index is -0.819. The van der Waals surface area contributed by atoms with Gasteiger partial charge in [-0.05, 0) is 37.1 Å². The normalized spacial score (nSPS) is 16.7. The molecular formula is C15H19N3O. The Hall–Kier alpha value is -2.02. The first-order valence-corrected chi connectivity index (χ1v) is 6.57. The van der Waals surface area contributed by atoms with Crippen molar-refractivity contribution in [3.05, 3.63) is 24.3 Å². The van der Waals surface area contributed by atoms with E-state index in [0.717, 1.165) is 24.2 Å². The molecule has 1 saturated carbocycles. The molecule has 19 heavy (non-hydrogen) atoms. The van der Waals surface area contributed by atoms with E-state index in [2.05, 4.69) is 11.4 Å². The maximum Gasteiger partial charge on any atom is 0.244 e. The minimum absolute atomic E-state index is 0.162. The van der Waals surface area contributed by atoms with Gasteiger partial charge in [-0.2, -0.15) is 5.26 Å². The van der Waals surface area contributed by atoms with Crippen LogP contribution in [-0.4, -0.2) is 20.0 Å². The zero-order valence-corrected chi connectivity index (χ0v) is 11.4. The van der Waals surface area contributed by atoms with Crippen LogP contribution in [0, 0.1) is 16.7 Å². The average molecular weight is 257 g/mol. The lowest BCUT2D eigenvalue weighted by Gasteiger charge is -2.19. The fourth-order valence-corrected chi connectivity index (χ4v) is 2.46.